The predicted molar refractivity (Wildman–Crippen MR) is 75.6 cm³/mol. The van der Waals surface area contributed by atoms with Crippen LogP contribution in [-0.4, -0.2) is 15.2 Å². The fraction of sp³-hybridized carbons (Fsp3) is 0.0667. The maximum atomic E-state index is 13.8. The Bertz CT molecular complexity index is 772. The van der Waals surface area contributed by atoms with Gasteiger partial charge in [-0.25, -0.2) is 4.39 Å². The summed E-state index contributed by atoms with van der Waals surface area (Å²) in [6.45, 7) is 0. The van der Waals surface area contributed by atoms with Crippen molar-refractivity contribution in [2.24, 2.45) is 0 Å². The molecule has 1 N–H and O–H groups in total. The number of phenolic OH excluding ortho intramolecular Hbond substituents is 1. The number of aromatic hydroxyl groups is 1. The Morgan fingerprint density at radius 1 is 1.14 bits per heavy atom. The average molecular weight is 305 g/mol. The third kappa shape index (κ3) is 2.87. The molecule has 2 aromatic carbocycles. The molecule has 0 amide bonds. The molecule has 0 bridgehead atoms. The summed E-state index contributed by atoms with van der Waals surface area (Å²) in [6.07, 6.45) is 0.188. The van der Waals surface area contributed by atoms with Crippen LogP contribution in [-0.2, 0) is 6.42 Å². The second kappa shape index (κ2) is 5.54. The summed E-state index contributed by atoms with van der Waals surface area (Å²) in [6, 6.07) is 11.1. The van der Waals surface area contributed by atoms with E-state index >= 15 is 0 Å². The van der Waals surface area contributed by atoms with Crippen LogP contribution in [0.3, 0.4) is 0 Å². The molecule has 21 heavy (non-hydrogen) atoms. The summed E-state index contributed by atoms with van der Waals surface area (Å²) in [5, 5.41) is 13.1. The SMILES string of the molecule is Oc1ccc(-c2nc(Cc3cccc(Cl)c3F)no2)cc1. The molecular formula is C15H10ClFN2O2. The average Bonchev–Trinajstić information content (AvgIpc) is 2.93. The summed E-state index contributed by atoms with van der Waals surface area (Å²) in [7, 11) is 0. The first kappa shape index (κ1) is 13.6. The topological polar surface area (TPSA) is 59.2 Å². The maximum Gasteiger partial charge on any atom is 0.257 e. The van der Waals surface area contributed by atoms with E-state index in [1.54, 1.807) is 24.3 Å². The predicted octanol–water partition coefficient (Wildman–Crippen LogP) is 3.83. The van der Waals surface area contributed by atoms with Gasteiger partial charge >= 0.3 is 0 Å². The molecule has 0 unspecified atom stereocenters. The fourth-order valence-corrected chi connectivity index (χ4v) is 2.10. The van der Waals surface area contributed by atoms with Crippen molar-refractivity contribution >= 4 is 11.6 Å². The molecule has 0 radical (unpaired) electrons. The molecule has 0 saturated heterocycles. The highest BCUT2D eigenvalue weighted by molar-refractivity contribution is 6.30. The minimum atomic E-state index is -0.477. The standard InChI is InChI=1S/C15H10ClFN2O2/c16-12-3-1-2-10(14(12)17)8-13-18-15(21-19-13)9-4-6-11(20)7-5-9/h1-7,20H,8H2. The van der Waals surface area contributed by atoms with Crippen LogP contribution in [0, 0.1) is 5.82 Å². The van der Waals surface area contributed by atoms with E-state index in [2.05, 4.69) is 10.1 Å². The van der Waals surface area contributed by atoms with Gasteiger partial charge in [-0.1, -0.05) is 28.9 Å². The molecule has 0 saturated carbocycles. The quantitative estimate of drug-likeness (QED) is 0.799. The van der Waals surface area contributed by atoms with Gasteiger partial charge in [0.2, 0.25) is 0 Å². The van der Waals surface area contributed by atoms with Gasteiger partial charge in [-0.15, -0.1) is 0 Å². The molecule has 3 aromatic rings. The zero-order valence-electron chi connectivity index (χ0n) is 10.8. The van der Waals surface area contributed by atoms with E-state index in [-0.39, 0.29) is 17.2 Å². The molecule has 0 fully saturated rings. The van der Waals surface area contributed by atoms with E-state index in [0.717, 1.165) is 0 Å². The van der Waals surface area contributed by atoms with Gasteiger partial charge in [-0.05, 0) is 35.9 Å². The zero-order chi connectivity index (χ0) is 14.8. The molecule has 0 aliphatic rings. The van der Waals surface area contributed by atoms with Gasteiger partial charge in [-0.2, -0.15) is 4.98 Å². The van der Waals surface area contributed by atoms with Gasteiger partial charge in [0.15, 0.2) is 5.82 Å². The van der Waals surface area contributed by atoms with Crippen molar-refractivity contribution in [2.45, 2.75) is 6.42 Å². The third-order valence-electron chi connectivity index (χ3n) is 2.96. The minimum Gasteiger partial charge on any atom is -0.508 e. The number of hydrogen-bond donors (Lipinski definition) is 1. The van der Waals surface area contributed by atoms with Crippen molar-refractivity contribution in [1.29, 1.82) is 0 Å². The highest BCUT2D eigenvalue weighted by Gasteiger charge is 2.12. The molecule has 4 nitrogen and oxygen atoms in total. The first-order valence-electron chi connectivity index (χ1n) is 6.18. The molecule has 0 spiro atoms. The van der Waals surface area contributed by atoms with Crippen LogP contribution in [0.25, 0.3) is 11.5 Å². The van der Waals surface area contributed by atoms with Gasteiger partial charge in [0.25, 0.3) is 5.89 Å². The van der Waals surface area contributed by atoms with Crippen molar-refractivity contribution in [3.63, 3.8) is 0 Å². The maximum absolute atomic E-state index is 13.8. The summed E-state index contributed by atoms with van der Waals surface area (Å²) in [4.78, 5) is 4.21. The van der Waals surface area contributed by atoms with Crippen molar-refractivity contribution in [1.82, 2.24) is 10.1 Å². The Hall–Kier alpha value is -2.40. The Morgan fingerprint density at radius 3 is 2.67 bits per heavy atom. The van der Waals surface area contributed by atoms with Gasteiger partial charge < -0.3 is 9.63 Å². The van der Waals surface area contributed by atoms with E-state index in [0.29, 0.717) is 22.8 Å². The smallest absolute Gasteiger partial charge is 0.257 e. The largest absolute Gasteiger partial charge is 0.508 e. The van der Waals surface area contributed by atoms with Gasteiger partial charge in [0, 0.05) is 12.0 Å². The molecule has 1 heterocycles. The minimum absolute atomic E-state index is 0.0646. The molecule has 106 valence electrons. The highest BCUT2D eigenvalue weighted by atomic mass is 35.5. The van der Waals surface area contributed by atoms with E-state index < -0.39 is 5.82 Å². The van der Waals surface area contributed by atoms with Crippen LogP contribution in [0.1, 0.15) is 11.4 Å². The van der Waals surface area contributed by atoms with Crippen LogP contribution in [0.2, 0.25) is 5.02 Å². The van der Waals surface area contributed by atoms with E-state index in [9.17, 15) is 9.50 Å². The zero-order valence-corrected chi connectivity index (χ0v) is 11.5. The van der Waals surface area contributed by atoms with Crippen LogP contribution >= 0.6 is 11.6 Å². The number of hydrogen-bond acceptors (Lipinski definition) is 4. The first-order valence-corrected chi connectivity index (χ1v) is 6.56. The van der Waals surface area contributed by atoms with Crippen LogP contribution in [0.5, 0.6) is 5.75 Å². The lowest BCUT2D eigenvalue weighted by Gasteiger charge is -2.00. The van der Waals surface area contributed by atoms with Crippen molar-refractivity contribution in [3.05, 3.63) is 64.7 Å². The molecule has 0 aliphatic carbocycles. The fourth-order valence-electron chi connectivity index (χ4n) is 1.90. The second-order valence-corrected chi connectivity index (χ2v) is 4.86. The first-order chi connectivity index (χ1) is 10.1. The number of aromatic nitrogens is 2. The lowest BCUT2D eigenvalue weighted by atomic mass is 10.1. The van der Waals surface area contributed by atoms with Crippen LogP contribution in [0.4, 0.5) is 4.39 Å². The lowest BCUT2D eigenvalue weighted by molar-refractivity contribution is 0.423. The number of benzene rings is 2. The Balaban J connectivity index is 1.85. The Morgan fingerprint density at radius 2 is 1.90 bits per heavy atom. The third-order valence-corrected chi connectivity index (χ3v) is 3.25. The van der Waals surface area contributed by atoms with Crippen molar-refractivity contribution < 1.29 is 14.0 Å². The highest BCUT2D eigenvalue weighted by Crippen LogP contribution is 2.22. The molecular weight excluding hydrogens is 295 g/mol. The van der Waals surface area contributed by atoms with Crippen LogP contribution < -0.4 is 0 Å². The van der Waals surface area contributed by atoms with E-state index in [4.69, 9.17) is 16.1 Å². The Labute approximate surface area is 124 Å². The molecule has 0 aliphatic heterocycles. The molecule has 3 rings (SSSR count). The van der Waals surface area contributed by atoms with Crippen molar-refractivity contribution in [2.75, 3.05) is 0 Å². The Kier molecular flexibility index (Phi) is 3.58. The summed E-state index contributed by atoms with van der Waals surface area (Å²) in [5.74, 6) is 0.348. The van der Waals surface area contributed by atoms with E-state index in [1.165, 1.54) is 18.2 Å². The second-order valence-electron chi connectivity index (χ2n) is 4.45. The van der Waals surface area contributed by atoms with Crippen LogP contribution in [0.15, 0.2) is 47.0 Å². The van der Waals surface area contributed by atoms with Gasteiger partial charge in [0.05, 0.1) is 5.02 Å². The molecule has 1 aromatic heterocycles. The number of rotatable bonds is 3. The summed E-state index contributed by atoms with van der Waals surface area (Å²) < 4.78 is 19.0. The van der Waals surface area contributed by atoms with Gasteiger partial charge in [0.1, 0.15) is 11.6 Å². The lowest BCUT2D eigenvalue weighted by Crippen LogP contribution is -1.95. The normalized spacial score (nSPS) is 10.8. The van der Waals surface area contributed by atoms with Crippen molar-refractivity contribution in [3.8, 4) is 17.2 Å². The number of phenols is 1. The van der Waals surface area contributed by atoms with Gasteiger partial charge in [-0.3, -0.25) is 0 Å². The summed E-state index contributed by atoms with van der Waals surface area (Å²) in [5.41, 5.74) is 1.08. The van der Waals surface area contributed by atoms with E-state index in [1.807, 2.05) is 0 Å². The molecule has 0 atom stereocenters. The number of nitrogens with zero attached hydrogens (tertiary/aromatic N) is 2. The summed E-state index contributed by atoms with van der Waals surface area (Å²) >= 11 is 5.73. The molecule has 6 heteroatoms. The monoisotopic (exact) mass is 304 g/mol. The number of halogens is 2.